The van der Waals surface area contributed by atoms with Gasteiger partial charge in [-0.05, 0) is 96.3 Å². The highest BCUT2D eigenvalue weighted by Gasteiger charge is 2.25. The summed E-state index contributed by atoms with van der Waals surface area (Å²) in [5.41, 5.74) is 0. The van der Waals surface area contributed by atoms with Crippen LogP contribution in [0.1, 0.15) is 194 Å². The van der Waals surface area contributed by atoms with Crippen LogP contribution >= 0.6 is 0 Å². The molecule has 0 spiro atoms. The van der Waals surface area contributed by atoms with Crippen molar-refractivity contribution in [3.63, 3.8) is 0 Å². The molecular formula is C57H95NO7. The number of ether oxygens (including phenoxy) is 3. The van der Waals surface area contributed by atoms with Crippen LogP contribution in [0.25, 0.3) is 0 Å². The van der Waals surface area contributed by atoms with Gasteiger partial charge in [0, 0.05) is 19.3 Å². The fourth-order valence-corrected chi connectivity index (χ4v) is 6.99. The van der Waals surface area contributed by atoms with E-state index in [4.69, 9.17) is 14.2 Å². The number of quaternary nitrogens is 1. The Balaban J connectivity index is 4.34. The van der Waals surface area contributed by atoms with Crippen molar-refractivity contribution >= 4 is 17.9 Å². The number of carboxylic acid groups (broad SMARTS) is 1. The van der Waals surface area contributed by atoms with Gasteiger partial charge in [-0.3, -0.25) is 9.59 Å². The highest BCUT2D eigenvalue weighted by atomic mass is 16.6. The first-order valence-electron chi connectivity index (χ1n) is 25.8. The number of esters is 2. The van der Waals surface area contributed by atoms with E-state index in [1.54, 1.807) is 21.1 Å². The Hall–Kier alpha value is -3.75. The van der Waals surface area contributed by atoms with Crippen LogP contribution in [0.5, 0.6) is 0 Å². The van der Waals surface area contributed by atoms with Gasteiger partial charge in [0.1, 0.15) is 12.6 Å². The third kappa shape index (κ3) is 45.2. The van der Waals surface area contributed by atoms with E-state index >= 15 is 0 Å². The molecule has 0 bridgehead atoms. The number of unbranched alkanes of at least 4 members (excludes halogenated alkanes) is 15. The molecule has 8 nitrogen and oxygen atoms in total. The molecule has 0 saturated carbocycles. The monoisotopic (exact) mass is 906 g/mol. The number of carbonyl (C=O) groups is 3. The van der Waals surface area contributed by atoms with Gasteiger partial charge in [0.05, 0.1) is 40.3 Å². The fraction of sp³-hybridized carbons (Fsp3) is 0.667. The van der Waals surface area contributed by atoms with Crippen LogP contribution in [0.3, 0.4) is 0 Å². The maximum atomic E-state index is 12.8. The van der Waals surface area contributed by atoms with Gasteiger partial charge in [0.25, 0.3) is 0 Å². The number of carboxylic acids is 1. The molecule has 8 heteroatoms. The molecule has 0 aliphatic rings. The van der Waals surface area contributed by atoms with Gasteiger partial charge < -0.3 is 28.6 Å². The largest absolute Gasteiger partial charge is 0.544 e. The maximum absolute atomic E-state index is 12.8. The second kappa shape index (κ2) is 46.8. The normalized spacial score (nSPS) is 13.7. The summed E-state index contributed by atoms with van der Waals surface area (Å²) in [6.45, 7) is 4.49. The van der Waals surface area contributed by atoms with Crippen molar-refractivity contribution < 1.29 is 38.2 Å². The number of rotatable bonds is 45. The Kier molecular flexibility index (Phi) is 44.1. The summed E-state index contributed by atoms with van der Waals surface area (Å²) in [5.74, 6) is -1.78. The highest BCUT2D eigenvalue weighted by molar-refractivity contribution is 5.70. The zero-order valence-corrected chi connectivity index (χ0v) is 42.1. The first-order chi connectivity index (χ1) is 31.6. The molecule has 0 aromatic rings. The molecule has 65 heavy (non-hydrogen) atoms. The molecule has 370 valence electrons. The van der Waals surface area contributed by atoms with Crippen molar-refractivity contribution in [2.45, 2.75) is 206 Å². The third-order valence-corrected chi connectivity index (χ3v) is 11.0. The summed E-state index contributed by atoms with van der Waals surface area (Å²) in [6, 6.07) is -0.738. The molecule has 0 aromatic heterocycles. The SMILES string of the molecule is CC/C=C/C/C=C/C/C=C/C/C=C/CCCCCCCCCC(=O)OCC(COCCC(C(=O)[O-])[N+](C)(C)C)OC(=O)CCCCCCC/C=C/C/C=C/C/C=C/C/C=C/CCCCC. The average molecular weight is 906 g/mol. The van der Waals surface area contributed by atoms with Crippen LogP contribution in [0.2, 0.25) is 0 Å². The second-order valence-corrected chi connectivity index (χ2v) is 18.0. The number of hydrogen-bond donors (Lipinski definition) is 0. The Labute approximate surface area is 398 Å². The summed E-state index contributed by atoms with van der Waals surface area (Å²) in [7, 11) is 5.40. The third-order valence-electron chi connectivity index (χ3n) is 11.0. The van der Waals surface area contributed by atoms with E-state index in [2.05, 4.69) is 111 Å². The zero-order chi connectivity index (χ0) is 47.7. The maximum Gasteiger partial charge on any atom is 0.306 e. The summed E-state index contributed by atoms with van der Waals surface area (Å²) in [6.07, 6.45) is 62.9. The molecule has 0 aliphatic heterocycles. The lowest BCUT2D eigenvalue weighted by Crippen LogP contribution is -2.55. The Morgan fingerprint density at radius 2 is 0.862 bits per heavy atom. The first kappa shape index (κ1) is 61.2. The Morgan fingerprint density at radius 3 is 1.28 bits per heavy atom. The van der Waals surface area contributed by atoms with E-state index in [0.29, 0.717) is 12.8 Å². The Morgan fingerprint density at radius 1 is 0.477 bits per heavy atom. The summed E-state index contributed by atoms with van der Waals surface area (Å²) >= 11 is 0. The van der Waals surface area contributed by atoms with E-state index in [0.717, 1.165) is 116 Å². The molecular weight excluding hydrogens is 811 g/mol. The number of aliphatic carboxylic acids is 1. The summed E-state index contributed by atoms with van der Waals surface area (Å²) < 4.78 is 17.2. The first-order valence-corrected chi connectivity index (χ1v) is 25.8. The van der Waals surface area contributed by atoms with E-state index in [9.17, 15) is 19.5 Å². The van der Waals surface area contributed by atoms with Crippen LogP contribution < -0.4 is 5.11 Å². The lowest BCUT2D eigenvalue weighted by atomic mass is 10.1. The minimum absolute atomic E-state index is 0.0235. The summed E-state index contributed by atoms with van der Waals surface area (Å²) in [5, 5.41) is 11.7. The smallest absolute Gasteiger partial charge is 0.306 e. The highest BCUT2D eigenvalue weighted by Crippen LogP contribution is 2.13. The molecule has 0 aromatic carbocycles. The molecule has 0 N–H and O–H groups in total. The van der Waals surface area contributed by atoms with E-state index in [1.807, 2.05) is 0 Å². The predicted octanol–water partition coefficient (Wildman–Crippen LogP) is 13.7. The van der Waals surface area contributed by atoms with Gasteiger partial charge >= 0.3 is 11.9 Å². The van der Waals surface area contributed by atoms with Crippen molar-refractivity contribution in [2.24, 2.45) is 0 Å². The molecule has 2 atom stereocenters. The van der Waals surface area contributed by atoms with Gasteiger partial charge in [-0.15, -0.1) is 0 Å². The van der Waals surface area contributed by atoms with E-state index in [1.165, 1.54) is 44.9 Å². The summed E-state index contributed by atoms with van der Waals surface area (Å²) in [4.78, 5) is 37.1. The van der Waals surface area contributed by atoms with Gasteiger partial charge in [-0.25, -0.2) is 0 Å². The lowest BCUT2D eigenvalue weighted by Gasteiger charge is -2.34. The van der Waals surface area contributed by atoms with Gasteiger partial charge in [-0.2, -0.15) is 0 Å². The van der Waals surface area contributed by atoms with Crippen molar-refractivity contribution in [3.8, 4) is 0 Å². The standard InChI is InChI=1S/C57H95NO7/c1-6-8-10-12-14-16-18-20-22-24-26-28-30-32-34-36-38-40-42-44-46-48-56(60)65-53(51-63-50-49-54(57(61)62)58(3,4)5)52-64-55(59)47-45-43-41-39-37-35-33-31-29-27-25-23-21-19-17-15-13-11-9-7-2/h9,11,14-17,20-23,26-29,32,34,53-54H,6-8,10,12-13,18-19,24-25,30-31,33,35-52H2,1-5H3/b11-9+,16-14+,17-15+,22-20+,23-21+,28-26+,29-27+,34-32+. The minimum atomic E-state index is -1.13. The fourth-order valence-electron chi connectivity index (χ4n) is 6.99. The quantitative estimate of drug-likeness (QED) is 0.0259. The molecule has 0 fully saturated rings. The van der Waals surface area contributed by atoms with Crippen LogP contribution in [0, 0.1) is 0 Å². The Bertz CT molecular complexity index is 1380. The minimum Gasteiger partial charge on any atom is -0.544 e. The topological polar surface area (TPSA) is 102 Å². The number of likely N-dealkylation sites (N-methyl/N-ethyl adjacent to an activating group) is 1. The lowest BCUT2D eigenvalue weighted by molar-refractivity contribution is -0.889. The number of hydrogen-bond acceptors (Lipinski definition) is 7. The molecule has 0 heterocycles. The van der Waals surface area contributed by atoms with E-state index < -0.39 is 18.1 Å². The van der Waals surface area contributed by atoms with Crippen molar-refractivity contribution in [1.29, 1.82) is 0 Å². The number of nitrogens with zero attached hydrogens (tertiary/aromatic N) is 1. The van der Waals surface area contributed by atoms with Gasteiger partial charge in [0.15, 0.2) is 6.10 Å². The van der Waals surface area contributed by atoms with Crippen LogP contribution in [0.4, 0.5) is 0 Å². The van der Waals surface area contributed by atoms with E-state index in [-0.39, 0.29) is 42.7 Å². The van der Waals surface area contributed by atoms with Crippen molar-refractivity contribution in [1.82, 2.24) is 0 Å². The molecule has 0 rings (SSSR count). The van der Waals surface area contributed by atoms with Crippen molar-refractivity contribution in [2.75, 3.05) is 41.0 Å². The number of carbonyl (C=O) groups excluding carboxylic acids is 3. The van der Waals surface area contributed by atoms with Gasteiger partial charge in [-0.1, -0.05) is 175 Å². The van der Waals surface area contributed by atoms with Crippen LogP contribution in [-0.2, 0) is 28.6 Å². The number of allylic oxidation sites excluding steroid dienone is 16. The van der Waals surface area contributed by atoms with Crippen molar-refractivity contribution in [3.05, 3.63) is 97.2 Å². The second-order valence-electron chi connectivity index (χ2n) is 18.0. The van der Waals surface area contributed by atoms with Gasteiger partial charge in [0.2, 0.25) is 0 Å². The molecule has 0 aliphatic carbocycles. The van der Waals surface area contributed by atoms with Crippen LogP contribution in [-0.4, -0.2) is 75.5 Å². The molecule has 0 radical (unpaired) electrons. The van der Waals surface area contributed by atoms with Crippen LogP contribution in [0.15, 0.2) is 97.2 Å². The zero-order valence-electron chi connectivity index (χ0n) is 42.1. The molecule has 2 unspecified atom stereocenters. The average Bonchev–Trinajstić information content (AvgIpc) is 3.27. The molecule has 0 saturated heterocycles. The molecule has 0 amide bonds. The predicted molar refractivity (Wildman–Crippen MR) is 272 cm³/mol.